The van der Waals surface area contributed by atoms with E-state index in [9.17, 15) is 4.79 Å². The molecule has 3 rings (SSSR count). The number of rotatable bonds is 6. The molecule has 1 aliphatic rings. The molecule has 124 valence electrons. The number of nitrogens with one attached hydrogen (secondary N) is 2. The van der Waals surface area contributed by atoms with Crippen LogP contribution in [0, 0.1) is 5.92 Å². The normalized spacial score (nSPS) is 17.3. The van der Waals surface area contributed by atoms with E-state index in [4.69, 9.17) is 4.42 Å². The summed E-state index contributed by atoms with van der Waals surface area (Å²) in [6, 6.07) is 2.41. The highest BCUT2D eigenvalue weighted by Crippen LogP contribution is 2.27. The molecule has 23 heavy (non-hydrogen) atoms. The summed E-state index contributed by atoms with van der Waals surface area (Å²) in [5, 5.41) is 7.11. The van der Waals surface area contributed by atoms with Gasteiger partial charge in [0.1, 0.15) is 0 Å². The number of nitrogens with zero attached hydrogens (tertiary/aromatic N) is 1. The number of thiazole rings is 1. The van der Waals surface area contributed by atoms with Crippen LogP contribution in [0.5, 0.6) is 0 Å². The van der Waals surface area contributed by atoms with Gasteiger partial charge in [0.15, 0.2) is 5.01 Å². The second-order valence-electron chi connectivity index (χ2n) is 6.44. The Hall–Kier alpha value is -1.66. The van der Waals surface area contributed by atoms with E-state index in [0.29, 0.717) is 23.5 Å². The maximum atomic E-state index is 12.1. The zero-order valence-electron chi connectivity index (χ0n) is 13.6. The number of fused-ring (bicyclic) bond motifs is 1. The minimum Gasteiger partial charge on any atom is -0.472 e. The zero-order chi connectivity index (χ0) is 16.2. The first-order chi connectivity index (χ1) is 11.1. The molecule has 0 bridgehead atoms. The van der Waals surface area contributed by atoms with Crippen molar-refractivity contribution in [2.45, 2.75) is 45.7 Å². The van der Waals surface area contributed by atoms with Crippen LogP contribution >= 0.6 is 11.3 Å². The third-order valence-electron chi connectivity index (χ3n) is 3.98. The Morgan fingerprint density at radius 3 is 3.13 bits per heavy atom. The Morgan fingerprint density at radius 1 is 1.52 bits per heavy atom. The van der Waals surface area contributed by atoms with Gasteiger partial charge in [-0.05, 0) is 31.2 Å². The Bertz CT molecular complexity index is 649. The smallest absolute Gasteiger partial charge is 0.280 e. The maximum Gasteiger partial charge on any atom is 0.280 e. The Balaban J connectivity index is 1.57. The Morgan fingerprint density at radius 2 is 2.39 bits per heavy atom. The quantitative estimate of drug-likeness (QED) is 0.853. The predicted octanol–water partition coefficient (Wildman–Crippen LogP) is 2.77. The third-order valence-corrected chi connectivity index (χ3v) is 5.10. The van der Waals surface area contributed by atoms with Crippen molar-refractivity contribution >= 4 is 17.2 Å². The number of aryl methyl sites for hydroxylation is 1. The monoisotopic (exact) mass is 333 g/mol. The lowest BCUT2D eigenvalue weighted by Gasteiger charge is -2.22. The van der Waals surface area contributed by atoms with E-state index in [-0.39, 0.29) is 5.91 Å². The summed E-state index contributed by atoms with van der Waals surface area (Å²) in [5.74, 6) is 0.408. The zero-order valence-corrected chi connectivity index (χ0v) is 14.4. The highest BCUT2D eigenvalue weighted by Gasteiger charge is 2.24. The molecule has 2 N–H and O–H groups in total. The first-order valence-electron chi connectivity index (χ1n) is 8.13. The van der Waals surface area contributed by atoms with Gasteiger partial charge < -0.3 is 15.1 Å². The first kappa shape index (κ1) is 16.2. The van der Waals surface area contributed by atoms with Crippen LogP contribution in [-0.2, 0) is 19.4 Å². The predicted molar refractivity (Wildman–Crippen MR) is 90.6 cm³/mol. The number of hydrogen-bond donors (Lipinski definition) is 2. The number of carbonyl (C=O) groups is 1. The van der Waals surface area contributed by atoms with Gasteiger partial charge in [-0.15, -0.1) is 11.3 Å². The van der Waals surface area contributed by atoms with Gasteiger partial charge in [0, 0.05) is 29.6 Å². The first-order valence-corrected chi connectivity index (χ1v) is 8.94. The van der Waals surface area contributed by atoms with Crippen molar-refractivity contribution in [3.05, 3.63) is 39.7 Å². The van der Waals surface area contributed by atoms with Gasteiger partial charge in [-0.3, -0.25) is 4.79 Å². The Labute approximate surface area is 140 Å². The van der Waals surface area contributed by atoms with Crippen molar-refractivity contribution in [3.63, 3.8) is 0 Å². The van der Waals surface area contributed by atoms with Gasteiger partial charge in [0.25, 0.3) is 5.91 Å². The number of hydrogen-bond acceptors (Lipinski definition) is 5. The van der Waals surface area contributed by atoms with Crippen LogP contribution in [0.15, 0.2) is 23.0 Å². The van der Waals surface area contributed by atoms with E-state index in [0.717, 1.165) is 37.1 Å². The summed E-state index contributed by atoms with van der Waals surface area (Å²) in [6.07, 6.45) is 6.41. The molecule has 0 aromatic carbocycles. The van der Waals surface area contributed by atoms with Crippen LogP contribution in [-0.4, -0.2) is 23.5 Å². The summed E-state index contributed by atoms with van der Waals surface area (Å²) >= 11 is 1.54. The van der Waals surface area contributed by atoms with Gasteiger partial charge in [0.05, 0.1) is 18.2 Å². The fourth-order valence-electron chi connectivity index (χ4n) is 2.67. The Kier molecular flexibility index (Phi) is 5.13. The number of aromatic nitrogens is 1. The summed E-state index contributed by atoms with van der Waals surface area (Å²) in [5.41, 5.74) is 2.26. The van der Waals surface area contributed by atoms with E-state index >= 15 is 0 Å². The van der Waals surface area contributed by atoms with E-state index in [1.807, 2.05) is 6.07 Å². The molecule has 0 aliphatic heterocycles. The molecule has 2 aromatic heterocycles. The SMILES string of the molecule is CC(C)CNC(=O)c1nc2c(s1)CC(NCc1ccoc1)CC2. The van der Waals surface area contributed by atoms with Gasteiger partial charge in [-0.1, -0.05) is 13.8 Å². The molecule has 0 saturated carbocycles. The lowest BCUT2D eigenvalue weighted by molar-refractivity contribution is 0.0948. The molecule has 1 unspecified atom stereocenters. The van der Waals surface area contributed by atoms with E-state index in [1.54, 1.807) is 23.9 Å². The molecule has 6 heteroatoms. The molecule has 0 fully saturated rings. The van der Waals surface area contributed by atoms with Crippen molar-refractivity contribution in [2.75, 3.05) is 6.54 Å². The maximum absolute atomic E-state index is 12.1. The second-order valence-corrected chi connectivity index (χ2v) is 7.53. The van der Waals surface area contributed by atoms with Gasteiger partial charge in [-0.2, -0.15) is 0 Å². The van der Waals surface area contributed by atoms with Gasteiger partial charge in [0.2, 0.25) is 0 Å². The van der Waals surface area contributed by atoms with Gasteiger partial charge in [-0.25, -0.2) is 4.98 Å². The summed E-state index contributed by atoms with van der Waals surface area (Å²) in [6.45, 7) is 5.68. The van der Waals surface area contributed by atoms with Crippen LogP contribution in [0.3, 0.4) is 0 Å². The number of furan rings is 1. The molecule has 1 amide bonds. The highest BCUT2D eigenvalue weighted by atomic mass is 32.1. The minimum absolute atomic E-state index is 0.0407. The summed E-state index contributed by atoms with van der Waals surface area (Å²) < 4.78 is 5.09. The van der Waals surface area contributed by atoms with Crippen molar-refractivity contribution in [2.24, 2.45) is 5.92 Å². The summed E-state index contributed by atoms with van der Waals surface area (Å²) in [7, 11) is 0. The van der Waals surface area contributed by atoms with Crippen LogP contribution in [0.1, 0.15) is 46.2 Å². The molecular weight excluding hydrogens is 310 g/mol. The van der Waals surface area contributed by atoms with Crippen LogP contribution in [0.4, 0.5) is 0 Å². The van der Waals surface area contributed by atoms with E-state index < -0.39 is 0 Å². The number of amides is 1. The van der Waals surface area contributed by atoms with Crippen molar-refractivity contribution in [1.29, 1.82) is 0 Å². The molecule has 1 aliphatic carbocycles. The molecule has 0 saturated heterocycles. The van der Waals surface area contributed by atoms with E-state index in [2.05, 4.69) is 29.5 Å². The van der Waals surface area contributed by atoms with Gasteiger partial charge >= 0.3 is 0 Å². The average molecular weight is 333 g/mol. The molecule has 5 nitrogen and oxygen atoms in total. The average Bonchev–Trinajstić information content (AvgIpc) is 3.19. The molecule has 2 heterocycles. The van der Waals surface area contributed by atoms with Crippen molar-refractivity contribution in [1.82, 2.24) is 15.6 Å². The summed E-state index contributed by atoms with van der Waals surface area (Å²) in [4.78, 5) is 17.9. The lowest BCUT2D eigenvalue weighted by Crippen LogP contribution is -2.33. The molecule has 1 atom stereocenters. The molecule has 2 aromatic rings. The third kappa shape index (κ3) is 4.20. The van der Waals surface area contributed by atoms with Crippen LogP contribution in [0.2, 0.25) is 0 Å². The minimum atomic E-state index is -0.0407. The van der Waals surface area contributed by atoms with Crippen LogP contribution < -0.4 is 10.6 Å². The topological polar surface area (TPSA) is 67.2 Å². The lowest BCUT2D eigenvalue weighted by atomic mass is 9.97. The fourth-order valence-corrected chi connectivity index (χ4v) is 3.78. The molecule has 0 spiro atoms. The number of carbonyl (C=O) groups excluding carboxylic acids is 1. The largest absolute Gasteiger partial charge is 0.472 e. The van der Waals surface area contributed by atoms with Crippen molar-refractivity contribution < 1.29 is 9.21 Å². The molecular formula is C17H23N3O2S. The molecule has 0 radical (unpaired) electrons. The fraction of sp³-hybridized carbons (Fsp3) is 0.529. The standard InChI is InChI=1S/C17H23N3O2S/c1-11(2)8-19-16(21)17-20-14-4-3-13(7-15(14)23-17)18-9-12-5-6-22-10-12/h5-6,10-11,13,18H,3-4,7-9H2,1-2H3,(H,19,21). The van der Waals surface area contributed by atoms with Crippen molar-refractivity contribution in [3.8, 4) is 0 Å². The second kappa shape index (κ2) is 7.27. The van der Waals surface area contributed by atoms with Crippen LogP contribution in [0.25, 0.3) is 0 Å². The van der Waals surface area contributed by atoms with E-state index in [1.165, 1.54) is 4.88 Å². The highest BCUT2D eigenvalue weighted by molar-refractivity contribution is 7.13.